The third-order valence-corrected chi connectivity index (χ3v) is 3.75. The van der Waals surface area contributed by atoms with Crippen LogP contribution in [0.15, 0.2) is 47.6 Å². The summed E-state index contributed by atoms with van der Waals surface area (Å²) in [6, 6.07) is 9.07. The minimum atomic E-state index is -4.35. The molecule has 8 heteroatoms. The van der Waals surface area contributed by atoms with Crippen LogP contribution >= 0.6 is 0 Å². The Morgan fingerprint density at radius 2 is 1.89 bits per heavy atom. The number of rotatable bonds is 6. The van der Waals surface area contributed by atoms with Gasteiger partial charge in [-0.15, -0.1) is 0 Å². The van der Waals surface area contributed by atoms with Gasteiger partial charge in [0, 0.05) is 33.4 Å². The highest BCUT2D eigenvalue weighted by atomic mass is 19.4. The van der Waals surface area contributed by atoms with Crippen LogP contribution in [0.1, 0.15) is 23.6 Å². The number of hydrogen-bond acceptors (Lipinski definition) is 3. The Balaban J connectivity index is 2.05. The summed E-state index contributed by atoms with van der Waals surface area (Å²) >= 11 is 0. The van der Waals surface area contributed by atoms with Crippen molar-refractivity contribution in [3.63, 3.8) is 0 Å². The molecular weight excluding hydrogens is 355 g/mol. The molecule has 0 aliphatic heterocycles. The highest BCUT2D eigenvalue weighted by Gasteiger charge is 2.30. The van der Waals surface area contributed by atoms with Gasteiger partial charge in [0.2, 0.25) is 0 Å². The molecule has 5 nitrogen and oxygen atoms in total. The maximum Gasteiger partial charge on any atom is 0.416 e. The van der Waals surface area contributed by atoms with Gasteiger partial charge in [-0.05, 0) is 42.3 Å². The van der Waals surface area contributed by atoms with Gasteiger partial charge >= 0.3 is 6.18 Å². The van der Waals surface area contributed by atoms with Gasteiger partial charge in [-0.3, -0.25) is 0 Å². The molecule has 0 fully saturated rings. The summed E-state index contributed by atoms with van der Waals surface area (Å²) < 4.78 is 38.4. The van der Waals surface area contributed by atoms with E-state index in [0.717, 1.165) is 23.5 Å². The number of aliphatic imine (C=N–C) groups is 1. The highest BCUT2D eigenvalue weighted by molar-refractivity contribution is 5.79. The Labute approximate surface area is 157 Å². The summed E-state index contributed by atoms with van der Waals surface area (Å²) in [7, 11) is 3.83. The molecule has 1 aromatic heterocycles. The van der Waals surface area contributed by atoms with Crippen molar-refractivity contribution in [1.82, 2.24) is 15.6 Å². The number of halogens is 3. The van der Waals surface area contributed by atoms with Crippen molar-refractivity contribution in [1.29, 1.82) is 0 Å². The molecule has 2 rings (SSSR count). The van der Waals surface area contributed by atoms with Gasteiger partial charge in [-0.25, -0.2) is 9.98 Å². The van der Waals surface area contributed by atoms with Gasteiger partial charge in [-0.2, -0.15) is 13.2 Å². The number of nitrogens with zero attached hydrogens (tertiary/aromatic N) is 3. The fraction of sp³-hybridized carbons (Fsp3) is 0.368. The van der Waals surface area contributed by atoms with Gasteiger partial charge in [0.1, 0.15) is 5.82 Å². The zero-order valence-electron chi connectivity index (χ0n) is 15.6. The first-order valence-electron chi connectivity index (χ1n) is 8.60. The van der Waals surface area contributed by atoms with E-state index in [0.29, 0.717) is 24.6 Å². The van der Waals surface area contributed by atoms with Crippen LogP contribution in [0.4, 0.5) is 19.0 Å². The molecule has 0 amide bonds. The van der Waals surface area contributed by atoms with E-state index in [2.05, 4.69) is 20.6 Å². The summed E-state index contributed by atoms with van der Waals surface area (Å²) in [6.07, 6.45) is -2.62. The standard InChI is InChI=1S/C19H24F3N5/c1-4-23-18(26-13-15-8-9-24-17(11-15)27(2)3)25-12-14-6-5-7-16(10-14)19(20,21)22/h5-11H,4,12-13H2,1-3H3,(H2,23,25,26). The lowest BCUT2D eigenvalue weighted by Crippen LogP contribution is -2.36. The lowest BCUT2D eigenvalue weighted by molar-refractivity contribution is -0.137. The van der Waals surface area contributed by atoms with E-state index in [1.807, 2.05) is 38.1 Å². The van der Waals surface area contributed by atoms with Crippen LogP contribution in [0.5, 0.6) is 0 Å². The fourth-order valence-corrected chi connectivity index (χ4v) is 2.36. The molecule has 27 heavy (non-hydrogen) atoms. The second-order valence-corrected chi connectivity index (χ2v) is 6.16. The molecule has 0 saturated heterocycles. The Bertz CT molecular complexity index is 772. The van der Waals surface area contributed by atoms with Gasteiger partial charge in [-0.1, -0.05) is 12.1 Å². The number of aromatic nitrogens is 1. The van der Waals surface area contributed by atoms with Gasteiger partial charge in [0.05, 0.1) is 12.1 Å². The normalized spacial score (nSPS) is 12.0. The average Bonchev–Trinajstić information content (AvgIpc) is 2.64. The molecule has 0 spiro atoms. The number of nitrogens with one attached hydrogen (secondary N) is 2. The topological polar surface area (TPSA) is 52.6 Å². The largest absolute Gasteiger partial charge is 0.416 e. The van der Waals surface area contributed by atoms with Crippen molar-refractivity contribution in [2.75, 3.05) is 25.5 Å². The second-order valence-electron chi connectivity index (χ2n) is 6.16. The van der Waals surface area contributed by atoms with E-state index in [9.17, 15) is 13.2 Å². The van der Waals surface area contributed by atoms with Crippen molar-refractivity contribution >= 4 is 11.8 Å². The van der Waals surface area contributed by atoms with Crippen molar-refractivity contribution < 1.29 is 13.2 Å². The van der Waals surface area contributed by atoms with Crippen LogP contribution in [-0.2, 0) is 19.3 Å². The van der Waals surface area contributed by atoms with Crippen LogP contribution in [-0.4, -0.2) is 31.6 Å². The molecule has 2 N–H and O–H groups in total. The average molecular weight is 379 g/mol. The van der Waals surface area contributed by atoms with Crippen LogP contribution in [0.25, 0.3) is 0 Å². The molecule has 0 aliphatic rings. The van der Waals surface area contributed by atoms with Crippen molar-refractivity contribution in [3.05, 3.63) is 59.3 Å². The van der Waals surface area contributed by atoms with Crippen molar-refractivity contribution in [3.8, 4) is 0 Å². The molecule has 0 unspecified atom stereocenters. The first kappa shape index (κ1) is 20.5. The Morgan fingerprint density at radius 3 is 2.56 bits per heavy atom. The number of alkyl halides is 3. The number of benzene rings is 1. The van der Waals surface area contributed by atoms with Crippen molar-refractivity contribution in [2.45, 2.75) is 26.2 Å². The first-order chi connectivity index (χ1) is 12.8. The van der Waals surface area contributed by atoms with Crippen LogP contribution in [0, 0.1) is 0 Å². The second kappa shape index (κ2) is 9.25. The number of hydrogen-bond donors (Lipinski definition) is 2. The summed E-state index contributed by atoms with van der Waals surface area (Å²) in [6.45, 7) is 3.25. The zero-order valence-corrected chi connectivity index (χ0v) is 15.6. The molecule has 0 saturated carbocycles. The van der Waals surface area contributed by atoms with Crippen LogP contribution in [0.2, 0.25) is 0 Å². The molecule has 0 aliphatic carbocycles. The maximum absolute atomic E-state index is 12.8. The molecule has 0 atom stereocenters. The molecule has 2 aromatic rings. The minimum Gasteiger partial charge on any atom is -0.363 e. The molecular formula is C19H24F3N5. The SMILES string of the molecule is CCNC(=NCc1cccc(C(F)(F)F)c1)NCc1ccnc(N(C)C)c1. The molecule has 1 aromatic carbocycles. The maximum atomic E-state index is 12.8. The number of guanidine groups is 1. The van der Waals surface area contributed by atoms with Gasteiger partial charge in [0.15, 0.2) is 5.96 Å². The smallest absolute Gasteiger partial charge is 0.363 e. The van der Waals surface area contributed by atoms with E-state index in [1.165, 1.54) is 6.07 Å². The number of anilines is 1. The van der Waals surface area contributed by atoms with E-state index in [1.54, 1.807) is 12.3 Å². The van der Waals surface area contributed by atoms with Gasteiger partial charge < -0.3 is 15.5 Å². The van der Waals surface area contributed by atoms with E-state index in [4.69, 9.17) is 0 Å². The van der Waals surface area contributed by atoms with E-state index < -0.39 is 11.7 Å². The van der Waals surface area contributed by atoms with Crippen LogP contribution in [0.3, 0.4) is 0 Å². The zero-order chi connectivity index (χ0) is 19.9. The van der Waals surface area contributed by atoms with E-state index in [-0.39, 0.29) is 6.54 Å². The lowest BCUT2D eigenvalue weighted by Gasteiger charge is -2.14. The molecule has 1 heterocycles. The third-order valence-electron chi connectivity index (χ3n) is 3.75. The first-order valence-corrected chi connectivity index (χ1v) is 8.60. The summed E-state index contributed by atoms with van der Waals surface area (Å²) in [4.78, 5) is 10.6. The number of pyridine rings is 1. The quantitative estimate of drug-likeness (QED) is 0.597. The summed E-state index contributed by atoms with van der Waals surface area (Å²) in [5.41, 5.74) is 0.861. The van der Waals surface area contributed by atoms with Crippen LogP contribution < -0.4 is 15.5 Å². The summed E-state index contributed by atoms with van der Waals surface area (Å²) in [5, 5.41) is 6.28. The minimum absolute atomic E-state index is 0.151. The van der Waals surface area contributed by atoms with E-state index >= 15 is 0 Å². The predicted molar refractivity (Wildman–Crippen MR) is 102 cm³/mol. The Hall–Kier alpha value is -2.77. The predicted octanol–water partition coefficient (Wildman–Crippen LogP) is 3.42. The monoisotopic (exact) mass is 379 g/mol. The Kier molecular flexibility index (Phi) is 7.04. The fourth-order valence-electron chi connectivity index (χ4n) is 2.36. The highest BCUT2D eigenvalue weighted by Crippen LogP contribution is 2.29. The third kappa shape index (κ3) is 6.47. The van der Waals surface area contributed by atoms with Gasteiger partial charge in [0.25, 0.3) is 0 Å². The Morgan fingerprint density at radius 1 is 1.11 bits per heavy atom. The molecule has 0 radical (unpaired) electrons. The van der Waals surface area contributed by atoms with Crippen molar-refractivity contribution in [2.24, 2.45) is 4.99 Å². The lowest BCUT2D eigenvalue weighted by atomic mass is 10.1. The molecule has 0 bridgehead atoms. The summed E-state index contributed by atoms with van der Waals surface area (Å²) in [5.74, 6) is 1.39. The molecule has 146 valence electrons.